The molecule has 5 heteroatoms. The molecule has 1 unspecified atom stereocenters. The minimum Gasteiger partial charge on any atom is -0.376 e. The lowest BCUT2D eigenvalue weighted by Crippen LogP contribution is -2.31. The second kappa shape index (κ2) is 7.79. The van der Waals surface area contributed by atoms with Gasteiger partial charge in [-0.05, 0) is 43.5 Å². The van der Waals surface area contributed by atoms with E-state index >= 15 is 0 Å². The van der Waals surface area contributed by atoms with Crippen LogP contribution in [0.15, 0.2) is 48.5 Å². The van der Waals surface area contributed by atoms with E-state index in [1.165, 1.54) is 0 Å². The van der Waals surface area contributed by atoms with Gasteiger partial charge in [-0.1, -0.05) is 30.3 Å². The zero-order chi connectivity index (χ0) is 19.5. The van der Waals surface area contributed by atoms with Gasteiger partial charge in [0.1, 0.15) is 6.07 Å². The lowest BCUT2D eigenvalue weighted by atomic mass is 9.97. The van der Waals surface area contributed by atoms with Gasteiger partial charge in [-0.3, -0.25) is 4.79 Å². The summed E-state index contributed by atoms with van der Waals surface area (Å²) in [5.74, 6) is -0.145. The number of pyridine rings is 1. The first kappa shape index (κ1) is 18.1. The van der Waals surface area contributed by atoms with Crippen LogP contribution < -0.4 is 5.32 Å². The number of para-hydroxylation sites is 1. The number of hydrogen-bond acceptors (Lipinski definition) is 4. The molecule has 0 bridgehead atoms. The van der Waals surface area contributed by atoms with Crippen LogP contribution in [0.5, 0.6) is 0 Å². The van der Waals surface area contributed by atoms with Crippen LogP contribution in [0.2, 0.25) is 0 Å². The lowest BCUT2D eigenvalue weighted by Gasteiger charge is -2.13. The van der Waals surface area contributed by atoms with Crippen LogP contribution in [-0.2, 0) is 4.74 Å². The lowest BCUT2D eigenvalue weighted by molar-refractivity contribution is 0.0858. The molecule has 0 radical (unpaired) electrons. The summed E-state index contributed by atoms with van der Waals surface area (Å²) in [5.41, 5.74) is 4.18. The van der Waals surface area contributed by atoms with E-state index < -0.39 is 0 Å². The maximum absolute atomic E-state index is 12.6. The number of aromatic nitrogens is 1. The number of nitrogens with one attached hydrogen (secondary N) is 1. The van der Waals surface area contributed by atoms with Crippen molar-refractivity contribution in [2.45, 2.75) is 25.9 Å². The Hall–Kier alpha value is -3.23. The van der Waals surface area contributed by atoms with Crippen molar-refractivity contribution in [2.75, 3.05) is 13.2 Å². The summed E-state index contributed by atoms with van der Waals surface area (Å²) in [5, 5.41) is 13.6. The average Bonchev–Trinajstić information content (AvgIpc) is 3.26. The van der Waals surface area contributed by atoms with E-state index in [4.69, 9.17) is 9.72 Å². The maximum atomic E-state index is 12.6. The molecular weight excluding hydrogens is 350 g/mol. The molecule has 5 nitrogen and oxygen atoms in total. The van der Waals surface area contributed by atoms with Gasteiger partial charge in [0.15, 0.2) is 0 Å². The molecule has 1 saturated heterocycles. The summed E-state index contributed by atoms with van der Waals surface area (Å²) in [7, 11) is 0. The Balaban J connectivity index is 1.67. The van der Waals surface area contributed by atoms with Crippen molar-refractivity contribution in [1.82, 2.24) is 10.3 Å². The highest BCUT2D eigenvalue weighted by molar-refractivity contribution is 5.96. The quantitative estimate of drug-likeness (QED) is 0.752. The topological polar surface area (TPSA) is 75.0 Å². The molecule has 1 atom stereocenters. The summed E-state index contributed by atoms with van der Waals surface area (Å²) < 4.78 is 5.56. The van der Waals surface area contributed by atoms with E-state index in [0.29, 0.717) is 23.4 Å². The van der Waals surface area contributed by atoms with Gasteiger partial charge in [-0.2, -0.15) is 5.26 Å². The fraction of sp³-hybridized carbons (Fsp3) is 0.261. The molecule has 4 rings (SSSR count). The normalized spacial score (nSPS) is 16.1. The summed E-state index contributed by atoms with van der Waals surface area (Å²) in [4.78, 5) is 17.3. The maximum Gasteiger partial charge on any atom is 0.251 e. The second-order valence-electron chi connectivity index (χ2n) is 7.02. The molecule has 1 aliphatic heterocycles. The third-order valence-corrected chi connectivity index (χ3v) is 5.18. The number of rotatable bonds is 4. The predicted molar refractivity (Wildman–Crippen MR) is 108 cm³/mol. The largest absolute Gasteiger partial charge is 0.376 e. The molecule has 2 heterocycles. The number of hydrogen-bond donors (Lipinski definition) is 1. The molecule has 28 heavy (non-hydrogen) atoms. The predicted octanol–water partition coefficient (Wildman–Crippen LogP) is 3.99. The van der Waals surface area contributed by atoms with Crippen molar-refractivity contribution in [3.63, 3.8) is 0 Å². The van der Waals surface area contributed by atoms with Crippen molar-refractivity contribution in [3.8, 4) is 17.3 Å². The van der Waals surface area contributed by atoms with E-state index in [-0.39, 0.29) is 12.0 Å². The molecule has 1 fully saturated rings. The number of amides is 1. The van der Waals surface area contributed by atoms with Gasteiger partial charge in [-0.15, -0.1) is 0 Å². The highest BCUT2D eigenvalue weighted by atomic mass is 16.5. The Bertz CT molecular complexity index is 1080. The monoisotopic (exact) mass is 371 g/mol. The van der Waals surface area contributed by atoms with Gasteiger partial charge in [0.2, 0.25) is 0 Å². The Labute approximate surface area is 164 Å². The Morgan fingerprint density at radius 3 is 2.93 bits per heavy atom. The third-order valence-electron chi connectivity index (χ3n) is 5.18. The van der Waals surface area contributed by atoms with Crippen molar-refractivity contribution in [2.24, 2.45) is 0 Å². The first-order chi connectivity index (χ1) is 13.7. The van der Waals surface area contributed by atoms with Gasteiger partial charge in [0, 0.05) is 29.7 Å². The summed E-state index contributed by atoms with van der Waals surface area (Å²) >= 11 is 0. The number of nitrogens with zero attached hydrogens (tertiary/aromatic N) is 2. The molecule has 1 aromatic heterocycles. The van der Waals surface area contributed by atoms with Crippen molar-refractivity contribution < 1.29 is 9.53 Å². The number of ether oxygens (including phenoxy) is 1. The molecule has 1 aliphatic rings. The van der Waals surface area contributed by atoms with E-state index in [9.17, 15) is 10.1 Å². The van der Waals surface area contributed by atoms with Crippen LogP contribution in [0.4, 0.5) is 0 Å². The fourth-order valence-corrected chi connectivity index (χ4v) is 3.64. The molecule has 0 saturated carbocycles. The molecule has 1 N–H and O–H groups in total. The van der Waals surface area contributed by atoms with Gasteiger partial charge in [0.05, 0.1) is 22.9 Å². The minimum atomic E-state index is -0.145. The highest BCUT2D eigenvalue weighted by Crippen LogP contribution is 2.29. The SMILES string of the molecule is Cc1c(C#N)c(-c2cccc(C(=O)NCC3CCCO3)c2)nc2ccccc12. The van der Waals surface area contributed by atoms with Crippen molar-refractivity contribution in [1.29, 1.82) is 5.26 Å². The summed E-state index contributed by atoms with van der Waals surface area (Å²) in [6.07, 6.45) is 2.12. The molecule has 0 spiro atoms. The number of carbonyl (C=O) groups excluding carboxylic acids is 1. The smallest absolute Gasteiger partial charge is 0.251 e. The summed E-state index contributed by atoms with van der Waals surface area (Å²) in [6.45, 7) is 3.21. The van der Waals surface area contributed by atoms with E-state index in [2.05, 4.69) is 11.4 Å². The molecule has 0 aliphatic carbocycles. The molecule has 3 aromatic rings. The number of benzene rings is 2. The Morgan fingerprint density at radius 2 is 2.14 bits per heavy atom. The first-order valence-corrected chi connectivity index (χ1v) is 9.47. The van der Waals surface area contributed by atoms with Gasteiger partial charge in [-0.25, -0.2) is 4.98 Å². The number of fused-ring (bicyclic) bond motifs is 1. The minimum absolute atomic E-state index is 0.0992. The Kier molecular flexibility index (Phi) is 5.05. The molecule has 1 amide bonds. The van der Waals surface area contributed by atoms with Crippen LogP contribution in [0, 0.1) is 18.3 Å². The second-order valence-corrected chi connectivity index (χ2v) is 7.02. The standard InChI is InChI=1S/C23H21N3O2/c1-15-19-9-2-3-10-21(19)26-22(20(15)13-24)16-6-4-7-17(12-16)23(27)25-14-18-8-5-11-28-18/h2-4,6-7,9-10,12,18H,5,8,11,14H2,1H3,(H,25,27). The number of carbonyl (C=O) groups is 1. The van der Waals surface area contributed by atoms with E-state index in [1.54, 1.807) is 12.1 Å². The van der Waals surface area contributed by atoms with Gasteiger partial charge < -0.3 is 10.1 Å². The zero-order valence-electron chi connectivity index (χ0n) is 15.7. The number of aryl methyl sites for hydroxylation is 1. The van der Waals surface area contributed by atoms with E-state index in [1.807, 2.05) is 43.3 Å². The van der Waals surface area contributed by atoms with Gasteiger partial charge in [0.25, 0.3) is 5.91 Å². The molecule has 140 valence electrons. The van der Waals surface area contributed by atoms with Crippen LogP contribution in [-0.4, -0.2) is 30.1 Å². The molecular formula is C23H21N3O2. The third kappa shape index (κ3) is 3.47. The summed E-state index contributed by atoms with van der Waals surface area (Å²) in [6, 6.07) is 17.3. The number of nitriles is 1. The van der Waals surface area contributed by atoms with Gasteiger partial charge >= 0.3 is 0 Å². The van der Waals surface area contributed by atoms with Crippen molar-refractivity contribution >= 4 is 16.8 Å². The van der Waals surface area contributed by atoms with Crippen LogP contribution in [0.1, 0.15) is 34.3 Å². The van der Waals surface area contributed by atoms with Crippen LogP contribution >= 0.6 is 0 Å². The van der Waals surface area contributed by atoms with Crippen LogP contribution in [0.25, 0.3) is 22.2 Å². The van der Waals surface area contributed by atoms with E-state index in [0.717, 1.165) is 41.5 Å². The van der Waals surface area contributed by atoms with Crippen LogP contribution in [0.3, 0.4) is 0 Å². The average molecular weight is 371 g/mol. The zero-order valence-corrected chi connectivity index (χ0v) is 15.7. The molecule has 2 aromatic carbocycles. The highest BCUT2D eigenvalue weighted by Gasteiger charge is 2.18. The Morgan fingerprint density at radius 1 is 1.29 bits per heavy atom. The van der Waals surface area contributed by atoms with Crippen molar-refractivity contribution in [3.05, 3.63) is 65.2 Å². The fourth-order valence-electron chi connectivity index (χ4n) is 3.64. The first-order valence-electron chi connectivity index (χ1n) is 9.47.